The lowest BCUT2D eigenvalue weighted by atomic mass is 10.0. The molecule has 1 aromatic rings. The molecule has 0 bridgehead atoms. The number of rotatable bonds is 5. The zero-order valence-electron chi connectivity index (χ0n) is 15.0. The first-order valence-corrected chi connectivity index (χ1v) is 8.64. The summed E-state index contributed by atoms with van der Waals surface area (Å²) < 4.78 is 22.1. The normalized spacial score (nSPS) is 21.8. The molecule has 0 aliphatic carbocycles. The second-order valence-corrected chi connectivity index (χ2v) is 6.44. The Hall–Kier alpha value is -2.32. The van der Waals surface area contributed by atoms with Crippen molar-refractivity contribution in [2.75, 3.05) is 47.1 Å². The maximum atomic E-state index is 12.6. The van der Waals surface area contributed by atoms with Crippen LogP contribution in [0.5, 0.6) is 11.5 Å². The van der Waals surface area contributed by atoms with Crippen molar-refractivity contribution in [3.63, 3.8) is 0 Å². The Bertz CT molecular complexity index is 663. The first-order valence-electron chi connectivity index (χ1n) is 8.64. The summed E-state index contributed by atoms with van der Waals surface area (Å²) in [7, 11) is 3.34. The zero-order chi connectivity index (χ0) is 18.5. The maximum Gasteiger partial charge on any atom is 0.251 e. The van der Waals surface area contributed by atoms with Crippen molar-refractivity contribution in [1.29, 1.82) is 0 Å². The summed E-state index contributed by atoms with van der Waals surface area (Å²) in [5, 5.41) is 2.98. The van der Waals surface area contributed by atoms with E-state index in [-0.39, 0.29) is 30.6 Å². The van der Waals surface area contributed by atoms with Gasteiger partial charge in [-0.2, -0.15) is 0 Å². The number of benzene rings is 1. The fourth-order valence-electron chi connectivity index (χ4n) is 2.78. The molecular formula is C18H24N2O6. The first-order chi connectivity index (χ1) is 12.5. The minimum Gasteiger partial charge on any atom is -0.486 e. The van der Waals surface area contributed by atoms with E-state index in [0.717, 1.165) is 0 Å². The highest BCUT2D eigenvalue weighted by Crippen LogP contribution is 2.30. The molecule has 0 unspecified atom stereocenters. The Morgan fingerprint density at radius 1 is 1.19 bits per heavy atom. The van der Waals surface area contributed by atoms with Crippen LogP contribution in [0.15, 0.2) is 18.2 Å². The highest BCUT2D eigenvalue weighted by molar-refractivity contribution is 5.95. The van der Waals surface area contributed by atoms with Gasteiger partial charge in [0.1, 0.15) is 25.9 Å². The number of fused-ring (bicyclic) bond motifs is 1. The fourth-order valence-corrected chi connectivity index (χ4v) is 2.78. The molecule has 2 heterocycles. The van der Waals surface area contributed by atoms with Gasteiger partial charge in [-0.1, -0.05) is 0 Å². The summed E-state index contributed by atoms with van der Waals surface area (Å²) in [5.74, 6) is 0.858. The molecule has 2 amide bonds. The summed E-state index contributed by atoms with van der Waals surface area (Å²) in [4.78, 5) is 25.8. The second-order valence-electron chi connectivity index (χ2n) is 6.44. The van der Waals surface area contributed by atoms with Crippen LogP contribution in [0.1, 0.15) is 16.8 Å². The molecule has 142 valence electrons. The Labute approximate surface area is 152 Å². The van der Waals surface area contributed by atoms with Crippen molar-refractivity contribution >= 4 is 11.8 Å². The van der Waals surface area contributed by atoms with Gasteiger partial charge >= 0.3 is 0 Å². The van der Waals surface area contributed by atoms with E-state index in [9.17, 15) is 9.59 Å². The zero-order valence-corrected chi connectivity index (χ0v) is 15.0. The molecule has 2 atom stereocenters. The SMILES string of the molecule is CN(C)C(=O)CO[C@@H]1COCC[C@H]1NC(=O)c1ccc2c(c1)OCCO2. The van der Waals surface area contributed by atoms with E-state index >= 15 is 0 Å². The van der Waals surface area contributed by atoms with Crippen molar-refractivity contribution in [2.45, 2.75) is 18.6 Å². The molecule has 0 saturated carbocycles. The van der Waals surface area contributed by atoms with E-state index in [4.69, 9.17) is 18.9 Å². The maximum absolute atomic E-state index is 12.6. The molecule has 1 saturated heterocycles. The monoisotopic (exact) mass is 364 g/mol. The smallest absolute Gasteiger partial charge is 0.251 e. The third kappa shape index (κ3) is 4.44. The number of nitrogens with one attached hydrogen (secondary N) is 1. The highest BCUT2D eigenvalue weighted by Gasteiger charge is 2.29. The third-order valence-corrected chi connectivity index (χ3v) is 4.34. The van der Waals surface area contributed by atoms with E-state index in [0.29, 0.717) is 49.9 Å². The van der Waals surface area contributed by atoms with E-state index in [1.807, 2.05) is 0 Å². The molecule has 1 N–H and O–H groups in total. The molecule has 26 heavy (non-hydrogen) atoms. The summed E-state index contributed by atoms with van der Waals surface area (Å²) in [6, 6.07) is 4.89. The summed E-state index contributed by atoms with van der Waals surface area (Å²) in [5.41, 5.74) is 0.490. The first kappa shape index (κ1) is 18.5. The molecule has 8 heteroatoms. The van der Waals surface area contributed by atoms with E-state index < -0.39 is 0 Å². The molecule has 8 nitrogen and oxygen atoms in total. The van der Waals surface area contributed by atoms with Crippen LogP contribution in [0.3, 0.4) is 0 Å². The lowest BCUT2D eigenvalue weighted by Crippen LogP contribution is -2.50. The summed E-state index contributed by atoms with van der Waals surface area (Å²) >= 11 is 0. The quantitative estimate of drug-likeness (QED) is 0.816. The van der Waals surface area contributed by atoms with Gasteiger partial charge in [0.2, 0.25) is 5.91 Å². The van der Waals surface area contributed by atoms with Gasteiger partial charge in [-0.05, 0) is 24.6 Å². The van der Waals surface area contributed by atoms with Gasteiger partial charge in [0.05, 0.1) is 12.6 Å². The molecule has 3 rings (SSSR count). The van der Waals surface area contributed by atoms with Gasteiger partial charge in [-0.25, -0.2) is 0 Å². The van der Waals surface area contributed by atoms with Crippen LogP contribution in [0.25, 0.3) is 0 Å². The van der Waals surface area contributed by atoms with Crippen LogP contribution in [0.2, 0.25) is 0 Å². The molecule has 1 fully saturated rings. The van der Waals surface area contributed by atoms with Crippen molar-refractivity contribution in [3.8, 4) is 11.5 Å². The van der Waals surface area contributed by atoms with E-state index in [2.05, 4.69) is 5.32 Å². The number of amides is 2. The Kier molecular flexibility index (Phi) is 5.95. The largest absolute Gasteiger partial charge is 0.486 e. The molecule has 2 aliphatic rings. The molecule has 0 radical (unpaired) electrons. The van der Waals surface area contributed by atoms with Crippen LogP contribution >= 0.6 is 0 Å². The summed E-state index contributed by atoms with van der Waals surface area (Å²) in [6.07, 6.45) is 0.255. The second kappa shape index (κ2) is 8.37. The molecule has 1 aromatic carbocycles. The van der Waals surface area contributed by atoms with Crippen LogP contribution < -0.4 is 14.8 Å². The number of ether oxygens (including phenoxy) is 4. The standard InChI is InChI=1S/C18H24N2O6/c1-20(2)17(21)11-26-16-10-23-6-5-13(16)19-18(22)12-3-4-14-15(9-12)25-8-7-24-14/h3-4,9,13,16H,5-8,10-11H2,1-2H3,(H,19,22)/t13-,16-/m1/s1. The highest BCUT2D eigenvalue weighted by atomic mass is 16.6. The minimum absolute atomic E-state index is 0.0442. The Morgan fingerprint density at radius 2 is 1.96 bits per heavy atom. The van der Waals surface area contributed by atoms with Gasteiger partial charge < -0.3 is 29.2 Å². The predicted octanol–water partition coefficient (Wildman–Crippen LogP) is 0.450. The molecule has 2 aliphatic heterocycles. The average molecular weight is 364 g/mol. The molecule has 0 aromatic heterocycles. The van der Waals surface area contributed by atoms with Gasteiger partial charge in [0.25, 0.3) is 5.91 Å². The van der Waals surface area contributed by atoms with Gasteiger partial charge in [0.15, 0.2) is 11.5 Å². The van der Waals surface area contributed by atoms with Crippen molar-refractivity contribution in [2.24, 2.45) is 0 Å². The Balaban J connectivity index is 1.61. The number of nitrogens with zero attached hydrogens (tertiary/aromatic N) is 1. The van der Waals surface area contributed by atoms with Crippen molar-refractivity contribution in [1.82, 2.24) is 10.2 Å². The van der Waals surface area contributed by atoms with Crippen LogP contribution in [-0.2, 0) is 14.3 Å². The third-order valence-electron chi connectivity index (χ3n) is 4.34. The Morgan fingerprint density at radius 3 is 2.73 bits per heavy atom. The summed E-state index contributed by atoms with van der Waals surface area (Å²) in [6.45, 7) is 1.80. The lowest BCUT2D eigenvalue weighted by molar-refractivity contribution is -0.140. The molecular weight excluding hydrogens is 340 g/mol. The van der Waals surface area contributed by atoms with Crippen LogP contribution in [0, 0.1) is 0 Å². The van der Waals surface area contributed by atoms with E-state index in [1.54, 1.807) is 32.3 Å². The van der Waals surface area contributed by atoms with Gasteiger partial charge in [-0.15, -0.1) is 0 Å². The number of carbonyl (C=O) groups is 2. The predicted molar refractivity (Wildman–Crippen MR) is 92.6 cm³/mol. The number of likely N-dealkylation sites (N-methyl/N-ethyl adjacent to an activating group) is 1. The van der Waals surface area contributed by atoms with Crippen molar-refractivity contribution in [3.05, 3.63) is 23.8 Å². The average Bonchev–Trinajstić information content (AvgIpc) is 2.66. The minimum atomic E-state index is -0.367. The van der Waals surface area contributed by atoms with Gasteiger partial charge in [-0.3, -0.25) is 9.59 Å². The fraction of sp³-hybridized carbons (Fsp3) is 0.556. The van der Waals surface area contributed by atoms with E-state index in [1.165, 1.54) is 4.90 Å². The number of carbonyl (C=O) groups excluding carboxylic acids is 2. The van der Waals surface area contributed by atoms with Crippen LogP contribution in [-0.4, -0.2) is 76.0 Å². The van der Waals surface area contributed by atoms with Gasteiger partial charge in [0, 0.05) is 26.3 Å². The molecule has 0 spiro atoms. The number of hydrogen-bond donors (Lipinski definition) is 1. The topological polar surface area (TPSA) is 86.3 Å². The lowest BCUT2D eigenvalue weighted by Gasteiger charge is -2.32. The van der Waals surface area contributed by atoms with Crippen LogP contribution in [0.4, 0.5) is 0 Å². The number of hydrogen-bond acceptors (Lipinski definition) is 6. The van der Waals surface area contributed by atoms with Crippen molar-refractivity contribution < 1.29 is 28.5 Å².